The highest BCUT2D eigenvalue weighted by Gasteiger charge is 2.51. The van der Waals surface area contributed by atoms with Crippen LogP contribution in [0.5, 0.6) is 0 Å². The van der Waals surface area contributed by atoms with E-state index in [9.17, 15) is 21.6 Å². The first-order chi connectivity index (χ1) is 10.9. The van der Waals surface area contributed by atoms with Crippen molar-refractivity contribution in [2.75, 3.05) is 24.7 Å². The first-order valence-electron chi connectivity index (χ1n) is 7.37. The van der Waals surface area contributed by atoms with Gasteiger partial charge in [0.25, 0.3) is 0 Å². The van der Waals surface area contributed by atoms with Gasteiger partial charge in [0.1, 0.15) is 0 Å². The minimum Gasteiger partial charge on any atom is -0.380 e. The molecule has 0 bridgehead atoms. The molecule has 0 amide bonds. The van der Waals surface area contributed by atoms with E-state index >= 15 is 0 Å². The van der Waals surface area contributed by atoms with Gasteiger partial charge in [-0.05, 0) is 23.1 Å². The molecule has 0 spiro atoms. The van der Waals surface area contributed by atoms with Crippen molar-refractivity contribution in [1.82, 2.24) is 0 Å². The van der Waals surface area contributed by atoms with E-state index in [4.69, 9.17) is 8.37 Å². The zero-order valence-electron chi connectivity index (χ0n) is 13.7. The molecule has 0 saturated carbocycles. The molecule has 0 N–H and O–H groups in total. The third-order valence-corrected chi connectivity index (χ3v) is 8.88. The molecule has 2 rings (SSSR count). The number of benzene rings is 1. The van der Waals surface area contributed by atoms with E-state index in [1.54, 1.807) is 12.1 Å². The van der Waals surface area contributed by atoms with E-state index in [2.05, 4.69) is 0 Å². The van der Waals surface area contributed by atoms with Gasteiger partial charge in [-0.15, -0.1) is 0 Å². The van der Waals surface area contributed by atoms with E-state index in [1.165, 1.54) is 0 Å². The maximum absolute atomic E-state index is 12.8. The van der Waals surface area contributed by atoms with Crippen molar-refractivity contribution in [1.29, 1.82) is 0 Å². The molecule has 1 fully saturated rings. The van der Waals surface area contributed by atoms with Gasteiger partial charge in [-0.1, -0.05) is 43.2 Å². The number of halogens is 3. The summed E-state index contributed by atoms with van der Waals surface area (Å²) < 4.78 is 71.4. The van der Waals surface area contributed by atoms with E-state index < -0.39 is 25.9 Å². The minimum absolute atomic E-state index is 0.115. The molecule has 0 radical (unpaired) electrons. The second-order valence-corrected chi connectivity index (χ2v) is 11.4. The van der Waals surface area contributed by atoms with Crippen LogP contribution < -0.4 is 0 Å². The van der Waals surface area contributed by atoms with Crippen LogP contribution in [0.15, 0.2) is 29.2 Å². The Morgan fingerprint density at radius 2 is 1.54 bits per heavy atom. The smallest absolute Gasteiger partial charge is 0.380 e. The molecule has 1 aromatic rings. The van der Waals surface area contributed by atoms with E-state index in [0.717, 1.165) is 5.56 Å². The van der Waals surface area contributed by atoms with Crippen molar-refractivity contribution in [3.05, 3.63) is 29.8 Å². The van der Waals surface area contributed by atoms with Crippen molar-refractivity contribution >= 4 is 20.4 Å². The van der Waals surface area contributed by atoms with Crippen LogP contribution >= 0.6 is 10.3 Å². The lowest BCUT2D eigenvalue weighted by atomic mass is 9.87. The Hall–Kier alpha value is -0.770. The molecule has 138 valence electrons. The average molecular weight is 386 g/mol. The molecule has 0 atom stereocenters. The van der Waals surface area contributed by atoms with Crippen LogP contribution in [0.2, 0.25) is 0 Å². The van der Waals surface area contributed by atoms with Gasteiger partial charge in [-0.2, -0.15) is 21.6 Å². The number of hydrogen-bond donors (Lipinski definition) is 0. The number of ether oxygens (including phenoxy) is 1. The van der Waals surface area contributed by atoms with Crippen LogP contribution in [0.25, 0.3) is 0 Å². The topological polar surface area (TPSA) is 52.6 Å². The van der Waals surface area contributed by atoms with Gasteiger partial charge in [0, 0.05) is 16.4 Å². The molecule has 9 heteroatoms. The lowest BCUT2D eigenvalue weighted by Crippen LogP contribution is -2.33. The lowest BCUT2D eigenvalue weighted by molar-refractivity contribution is -0.0497. The SMILES string of the molecule is CC(C)(C)c1ccc(S2(OS(=O)(=O)C(F)(F)F)CCOCC2)cc1. The summed E-state index contributed by atoms with van der Waals surface area (Å²) in [6.45, 7) is 6.39. The summed E-state index contributed by atoms with van der Waals surface area (Å²) in [7, 11) is -8.27. The fourth-order valence-corrected chi connectivity index (χ4v) is 6.97. The Bertz CT molecular complexity index is 670. The molecule has 24 heavy (non-hydrogen) atoms. The predicted octanol–water partition coefficient (Wildman–Crippen LogP) is 3.96. The Morgan fingerprint density at radius 3 is 1.96 bits per heavy atom. The minimum atomic E-state index is -5.66. The average Bonchev–Trinajstić information content (AvgIpc) is 2.46. The Labute approximate surface area is 142 Å². The molecule has 1 saturated heterocycles. The van der Waals surface area contributed by atoms with Gasteiger partial charge >= 0.3 is 15.6 Å². The molecule has 4 nitrogen and oxygen atoms in total. The summed E-state index contributed by atoms with van der Waals surface area (Å²) in [5.41, 5.74) is -4.54. The highest BCUT2D eigenvalue weighted by Crippen LogP contribution is 2.60. The van der Waals surface area contributed by atoms with Crippen LogP contribution in [0.4, 0.5) is 13.2 Å². The normalized spacial score (nSPS) is 20.6. The maximum Gasteiger partial charge on any atom is 0.523 e. The van der Waals surface area contributed by atoms with Gasteiger partial charge < -0.3 is 4.74 Å². The van der Waals surface area contributed by atoms with Crippen LogP contribution in [-0.4, -0.2) is 38.6 Å². The van der Waals surface area contributed by atoms with E-state index in [-0.39, 0.29) is 30.1 Å². The fourth-order valence-electron chi connectivity index (χ4n) is 2.35. The first kappa shape index (κ1) is 19.6. The first-order valence-corrected chi connectivity index (χ1v) is 10.7. The van der Waals surface area contributed by atoms with Gasteiger partial charge in [0.2, 0.25) is 0 Å². The second kappa shape index (κ2) is 6.51. The van der Waals surface area contributed by atoms with Crippen molar-refractivity contribution in [3.8, 4) is 0 Å². The molecular formula is C15H21F3O4S2. The van der Waals surface area contributed by atoms with Crippen LogP contribution in [0.1, 0.15) is 26.3 Å². The highest BCUT2D eigenvalue weighted by molar-refractivity contribution is 8.33. The summed E-state index contributed by atoms with van der Waals surface area (Å²) in [6.07, 6.45) is 0. The van der Waals surface area contributed by atoms with Crippen molar-refractivity contribution < 1.29 is 30.0 Å². The number of rotatable bonds is 3. The molecule has 1 aliphatic heterocycles. The molecule has 0 aliphatic carbocycles. The van der Waals surface area contributed by atoms with Crippen LogP contribution in [-0.2, 0) is 23.9 Å². The van der Waals surface area contributed by atoms with E-state index in [0.29, 0.717) is 4.90 Å². The fraction of sp³-hybridized carbons (Fsp3) is 0.600. The Morgan fingerprint density at radius 1 is 1.04 bits per heavy atom. The van der Waals surface area contributed by atoms with Crippen molar-refractivity contribution in [3.63, 3.8) is 0 Å². The molecule has 0 unspecified atom stereocenters. The molecule has 0 aromatic heterocycles. The number of hydrogen-bond acceptors (Lipinski definition) is 4. The third kappa shape index (κ3) is 4.07. The zero-order valence-corrected chi connectivity index (χ0v) is 15.4. The summed E-state index contributed by atoms with van der Waals surface area (Å²) in [5.74, 6) is 0.244. The van der Waals surface area contributed by atoms with Crippen LogP contribution in [0, 0.1) is 0 Å². The third-order valence-electron chi connectivity index (χ3n) is 3.77. The molecule has 1 heterocycles. The quantitative estimate of drug-likeness (QED) is 0.738. The summed E-state index contributed by atoms with van der Waals surface area (Å²) in [6, 6.07) is 6.96. The predicted molar refractivity (Wildman–Crippen MR) is 87.6 cm³/mol. The maximum atomic E-state index is 12.8. The van der Waals surface area contributed by atoms with Gasteiger partial charge in [-0.3, -0.25) is 0 Å². The second-order valence-electron chi connectivity index (χ2n) is 6.57. The summed E-state index contributed by atoms with van der Waals surface area (Å²) >= 11 is 0. The zero-order chi connectivity index (χ0) is 18.2. The van der Waals surface area contributed by atoms with Crippen LogP contribution in [0.3, 0.4) is 0 Å². The Kier molecular flexibility index (Phi) is 5.30. The standard InChI is InChI=1S/C15H21F3O4S2/c1-14(2,3)12-4-6-13(7-5-12)23(10-8-21-9-11-23)22-24(19,20)15(16,17)18/h4-7H,8-11H2,1-3H3. The number of alkyl halides is 3. The van der Waals surface area contributed by atoms with Crippen molar-refractivity contribution in [2.24, 2.45) is 0 Å². The summed E-state index contributed by atoms with van der Waals surface area (Å²) in [5, 5.41) is 0. The molecule has 1 aliphatic rings. The van der Waals surface area contributed by atoms with Gasteiger partial charge in [-0.25, -0.2) is 3.63 Å². The summed E-state index contributed by atoms with van der Waals surface area (Å²) in [4.78, 5) is 0.492. The highest BCUT2D eigenvalue weighted by atomic mass is 32.3. The lowest BCUT2D eigenvalue weighted by Gasteiger charge is -2.41. The van der Waals surface area contributed by atoms with E-state index in [1.807, 2.05) is 32.9 Å². The van der Waals surface area contributed by atoms with Crippen molar-refractivity contribution in [2.45, 2.75) is 36.6 Å². The Balaban J connectivity index is 2.42. The van der Waals surface area contributed by atoms with Gasteiger partial charge in [0.15, 0.2) is 0 Å². The molecular weight excluding hydrogens is 365 g/mol. The largest absolute Gasteiger partial charge is 0.523 e. The van der Waals surface area contributed by atoms with Gasteiger partial charge in [0.05, 0.1) is 13.2 Å². The monoisotopic (exact) mass is 386 g/mol. The molecule has 1 aromatic carbocycles.